The van der Waals surface area contributed by atoms with Crippen LogP contribution in [0.25, 0.3) is 0 Å². The van der Waals surface area contributed by atoms with E-state index in [1.54, 1.807) is 0 Å². The van der Waals surface area contributed by atoms with Crippen molar-refractivity contribution in [3.63, 3.8) is 0 Å². The van der Waals surface area contributed by atoms with Crippen molar-refractivity contribution in [1.29, 1.82) is 0 Å². The van der Waals surface area contributed by atoms with Gasteiger partial charge in [-0.25, -0.2) is 0 Å². The molecule has 0 spiro atoms. The third-order valence-electron chi connectivity index (χ3n) is 0.433. The van der Waals surface area contributed by atoms with Crippen LogP contribution >= 0.6 is 0 Å². The van der Waals surface area contributed by atoms with Gasteiger partial charge in [0.25, 0.3) is 0 Å². The monoisotopic (exact) mass is 201 g/mol. The molecule has 0 rings (SSSR count). The molecule has 0 saturated heterocycles. The van der Waals surface area contributed by atoms with E-state index in [9.17, 15) is 0 Å². The van der Waals surface area contributed by atoms with Gasteiger partial charge < -0.3 is 0 Å². The minimum atomic E-state index is 0. The molecule has 0 saturated carbocycles. The predicted molar refractivity (Wildman–Crippen MR) is 20.8 cm³/mol. The van der Waals surface area contributed by atoms with Gasteiger partial charge in [-0.1, -0.05) is 0 Å². The van der Waals surface area contributed by atoms with E-state index < -0.39 is 0 Å². The smallest absolute Gasteiger partial charge is 0 e. The van der Waals surface area contributed by atoms with E-state index in [0.29, 0.717) is 0 Å². The molecule has 35 valence electrons. The SMILES string of the molecule is CC(C)(C)[O][Zn].[Zn]. The predicted octanol–water partition coefficient (Wildman–Crippen LogP) is 1.26. The summed E-state index contributed by atoms with van der Waals surface area (Å²) in [4.78, 5) is 0. The van der Waals surface area contributed by atoms with E-state index in [-0.39, 0.29) is 25.1 Å². The van der Waals surface area contributed by atoms with Crippen LogP contribution in [0.3, 0.4) is 0 Å². The third kappa shape index (κ3) is 11.0. The molecule has 0 amide bonds. The van der Waals surface area contributed by atoms with Gasteiger partial charge in [-0.15, -0.1) is 0 Å². The van der Waals surface area contributed by atoms with Gasteiger partial charge in [-0.2, -0.15) is 0 Å². The van der Waals surface area contributed by atoms with Gasteiger partial charge in [-0.05, 0) is 0 Å². The molecule has 0 aliphatic heterocycles. The maximum atomic E-state index is 5.06. The van der Waals surface area contributed by atoms with Crippen molar-refractivity contribution < 1.29 is 41.7 Å². The summed E-state index contributed by atoms with van der Waals surface area (Å²) in [5.74, 6) is 0. The largest absolute Gasteiger partial charge is 0 e. The van der Waals surface area contributed by atoms with Crippen molar-refractivity contribution in [2.24, 2.45) is 0 Å². The van der Waals surface area contributed by atoms with Crippen molar-refractivity contribution in [2.45, 2.75) is 26.4 Å². The van der Waals surface area contributed by atoms with Gasteiger partial charge in [0.05, 0.1) is 0 Å². The minimum Gasteiger partial charge on any atom is 0 e. The Morgan fingerprint density at radius 2 is 1.43 bits per heavy atom. The quantitative estimate of drug-likeness (QED) is 0.539. The molecular formula is C4H9OZn2. The summed E-state index contributed by atoms with van der Waals surface area (Å²) in [5.41, 5.74) is 0.0972. The standard InChI is InChI=1S/C4H9O.2Zn/c1-4(2,3)5;;/h1-3H3;;/q-1;;+1. The summed E-state index contributed by atoms with van der Waals surface area (Å²) < 4.78 is 5.06. The zero-order valence-electron chi connectivity index (χ0n) is 5.32. The van der Waals surface area contributed by atoms with Crippen LogP contribution < -0.4 is 0 Å². The van der Waals surface area contributed by atoms with Crippen molar-refractivity contribution >= 4 is 0 Å². The first-order valence-electron chi connectivity index (χ1n) is 1.99. The molecule has 0 radical (unpaired) electrons. The van der Waals surface area contributed by atoms with Crippen LogP contribution in [0.2, 0.25) is 0 Å². The Kier molecular flexibility index (Phi) is 6.52. The second kappa shape index (κ2) is 4.12. The van der Waals surface area contributed by atoms with Crippen molar-refractivity contribution in [2.75, 3.05) is 0 Å². The molecule has 0 fully saturated rings. The molecule has 7 heavy (non-hydrogen) atoms. The molecule has 1 nitrogen and oxygen atoms in total. The summed E-state index contributed by atoms with van der Waals surface area (Å²) in [7, 11) is 0. The Bertz CT molecular complexity index is 39.4. The fourth-order valence-corrected chi connectivity index (χ4v) is 0. The van der Waals surface area contributed by atoms with E-state index in [1.165, 1.54) is 0 Å². The number of hydrogen-bond donors (Lipinski definition) is 0. The third-order valence-corrected chi connectivity index (χ3v) is 2.25. The second-order valence-electron chi connectivity index (χ2n) is 2.26. The molecule has 0 N–H and O–H groups in total. The molecule has 0 aliphatic carbocycles. The van der Waals surface area contributed by atoms with E-state index in [0.717, 1.165) is 18.7 Å². The second-order valence-corrected chi connectivity index (χ2v) is 2.86. The van der Waals surface area contributed by atoms with Crippen LogP contribution in [0.1, 0.15) is 20.8 Å². The van der Waals surface area contributed by atoms with Crippen LogP contribution in [-0.2, 0) is 41.7 Å². The van der Waals surface area contributed by atoms with Crippen LogP contribution in [-0.4, -0.2) is 5.60 Å². The molecular weight excluding hydrogens is 195 g/mol. The normalized spacial score (nSPS) is 10.4. The van der Waals surface area contributed by atoms with Gasteiger partial charge in [-0.3, -0.25) is 0 Å². The van der Waals surface area contributed by atoms with Crippen molar-refractivity contribution in [3.8, 4) is 0 Å². The Morgan fingerprint density at radius 3 is 1.43 bits per heavy atom. The van der Waals surface area contributed by atoms with E-state index in [4.69, 9.17) is 3.56 Å². The Morgan fingerprint density at radius 1 is 1.29 bits per heavy atom. The summed E-state index contributed by atoms with van der Waals surface area (Å²) in [6, 6.07) is 0. The first-order chi connectivity index (χ1) is 2.56. The Balaban J connectivity index is 0. The molecule has 3 heteroatoms. The summed E-state index contributed by atoms with van der Waals surface area (Å²) >= 11 is 0.934. The van der Waals surface area contributed by atoms with E-state index in [2.05, 4.69) is 20.8 Å². The molecule has 0 atom stereocenters. The summed E-state index contributed by atoms with van der Waals surface area (Å²) in [6.45, 7) is 6.16. The molecule has 0 heterocycles. The van der Waals surface area contributed by atoms with Gasteiger partial charge in [0.15, 0.2) is 0 Å². The summed E-state index contributed by atoms with van der Waals surface area (Å²) in [6.07, 6.45) is 0. The van der Waals surface area contributed by atoms with Crippen molar-refractivity contribution in [3.05, 3.63) is 0 Å². The molecule has 0 aromatic carbocycles. The number of hydrogen-bond acceptors (Lipinski definition) is 1. The Labute approximate surface area is 68.0 Å². The molecule has 0 bridgehead atoms. The zero-order valence-corrected chi connectivity index (χ0v) is 11.3. The summed E-state index contributed by atoms with van der Waals surface area (Å²) in [5, 5.41) is 0. The first-order valence-corrected chi connectivity index (χ1v) is 3.20. The van der Waals surface area contributed by atoms with E-state index in [1.807, 2.05) is 0 Å². The average Bonchev–Trinajstić information content (AvgIpc) is 1.35. The molecule has 0 aliphatic rings. The average molecular weight is 204 g/mol. The topological polar surface area (TPSA) is 9.23 Å². The van der Waals surface area contributed by atoms with Gasteiger partial charge in [0.1, 0.15) is 0 Å². The Hall–Kier alpha value is 1.21. The van der Waals surface area contributed by atoms with Crippen LogP contribution in [0.15, 0.2) is 0 Å². The van der Waals surface area contributed by atoms with Crippen LogP contribution in [0, 0.1) is 0 Å². The van der Waals surface area contributed by atoms with Crippen molar-refractivity contribution in [1.82, 2.24) is 0 Å². The maximum Gasteiger partial charge on any atom is 0 e. The van der Waals surface area contributed by atoms with Gasteiger partial charge in [0.2, 0.25) is 0 Å². The maximum absolute atomic E-state index is 5.06. The fourth-order valence-electron chi connectivity index (χ4n) is 0. The number of rotatable bonds is 0. The van der Waals surface area contributed by atoms with Crippen LogP contribution in [0.4, 0.5) is 0 Å². The van der Waals surface area contributed by atoms with Gasteiger partial charge >= 0.3 is 48.6 Å². The molecule has 0 unspecified atom stereocenters. The zero-order chi connectivity index (χ0) is 5.21. The molecule has 0 aromatic rings. The fraction of sp³-hybridized carbons (Fsp3) is 1.00. The minimum absolute atomic E-state index is 0. The van der Waals surface area contributed by atoms with Crippen LogP contribution in [0.5, 0.6) is 0 Å². The first kappa shape index (κ1) is 11.1. The molecule has 0 aromatic heterocycles. The van der Waals surface area contributed by atoms with E-state index >= 15 is 0 Å². The van der Waals surface area contributed by atoms with Gasteiger partial charge in [0, 0.05) is 19.5 Å².